The number of imidazole rings is 1. The van der Waals surface area contributed by atoms with Crippen molar-refractivity contribution in [1.29, 1.82) is 0 Å². The quantitative estimate of drug-likeness (QED) is 0.856. The summed E-state index contributed by atoms with van der Waals surface area (Å²) < 4.78 is 2.04. The molecule has 0 fully saturated rings. The molecule has 1 atom stereocenters. The summed E-state index contributed by atoms with van der Waals surface area (Å²) in [7, 11) is 1.99. The highest BCUT2D eigenvalue weighted by Crippen LogP contribution is 2.24. The predicted molar refractivity (Wildman–Crippen MR) is 65.0 cm³/mol. The normalized spacial score (nSPS) is 15.2. The van der Waals surface area contributed by atoms with Gasteiger partial charge in [0.1, 0.15) is 5.82 Å². The first-order valence-corrected chi connectivity index (χ1v) is 5.63. The number of hydrogen-bond acceptors (Lipinski definition) is 3. The van der Waals surface area contributed by atoms with Crippen LogP contribution in [0.15, 0.2) is 18.3 Å². The minimum atomic E-state index is -0.385. The zero-order chi connectivity index (χ0) is 11.8. The van der Waals surface area contributed by atoms with E-state index in [0.29, 0.717) is 0 Å². The number of rotatable bonds is 3. The van der Waals surface area contributed by atoms with Crippen LogP contribution in [0.5, 0.6) is 0 Å². The fourth-order valence-electron chi connectivity index (χ4n) is 2.17. The van der Waals surface area contributed by atoms with E-state index in [2.05, 4.69) is 16.9 Å². The molecule has 0 amide bonds. The van der Waals surface area contributed by atoms with Gasteiger partial charge in [-0.3, -0.25) is 0 Å². The Hall–Kier alpha value is -1.42. The van der Waals surface area contributed by atoms with E-state index in [-0.39, 0.29) is 5.54 Å². The Morgan fingerprint density at radius 2 is 2.25 bits per heavy atom. The Balaban J connectivity index is 2.57. The first kappa shape index (κ1) is 11.1. The van der Waals surface area contributed by atoms with Crippen molar-refractivity contribution in [2.75, 3.05) is 0 Å². The van der Waals surface area contributed by atoms with Gasteiger partial charge in [-0.1, -0.05) is 13.3 Å². The van der Waals surface area contributed by atoms with Gasteiger partial charge in [0.15, 0.2) is 5.65 Å². The van der Waals surface area contributed by atoms with Crippen molar-refractivity contribution in [2.24, 2.45) is 12.8 Å². The van der Waals surface area contributed by atoms with Crippen molar-refractivity contribution in [3.05, 3.63) is 24.2 Å². The minimum absolute atomic E-state index is 0.385. The van der Waals surface area contributed by atoms with Crippen LogP contribution >= 0.6 is 0 Å². The second kappa shape index (κ2) is 3.87. The zero-order valence-corrected chi connectivity index (χ0v) is 10.1. The lowest BCUT2D eigenvalue weighted by molar-refractivity contribution is 0.410. The average Bonchev–Trinajstić information content (AvgIpc) is 2.58. The van der Waals surface area contributed by atoms with Crippen molar-refractivity contribution in [1.82, 2.24) is 14.5 Å². The number of fused-ring (bicyclic) bond motifs is 1. The number of nitrogens with zero attached hydrogens (tertiary/aromatic N) is 3. The third kappa shape index (κ3) is 1.69. The first-order chi connectivity index (χ1) is 7.56. The molecule has 0 aliphatic carbocycles. The van der Waals surface area contributed by atoms with Gasteiger partial charge in [0, 0.05) is 13.2 Å². The summed E-state index contributed by atoms with van der Waals surface area (Å²) in [6.45, 7) is 4.16. The summed E-state index contributed by atoms with van der Waals surface area (Å²) in [6.07, 6.45) is 3.72. The third-order valence-electron chi connectivity index (χ3n) is 2.94. The molecule has 86 valence electrons. The van der Waals surface area contributed by atoms with Crippen molar-refractivity contribution in [3.63, 3.8) is 0 Å². The van der Waals surface area contributed by atoms with E-state index >= 15 is 0 Å². The number of pyridine rings is 1. The predicted octanol–water partition coefficient (Wildman–Crippen LogP) is 1.94. The summed E-state index contributed by atoms with van der Waals surface area (Å²) >= 11 is 0. The molecule has 0 bridgehead atoms. The van der Waals surface area contributed by atoms with Crippen LogP contribution in [-0.2, 0) is 12.6 Å². The molecule has 2 rings (SSSR count). The van der Waals surface area contributed by atoms with E-state index in [4.69, 9.17) is 5.73 Å². The highest BCUT2D eigenvalue weighted by atomic mass is 15.1. The molecule has 0 spiro atoms. The summed E-state index contributed by atoms with van der Waals surface area (Å²) in [5, 5.41) is 0. The Labute approximate surface area is 95.5 Å². The molecule has 4 heteroatoms. The van der Waals surface area contributed by atoms with E-state index in [1.165, 1.54) is 0 Å². The molecule has 2 N–H and O–H groups in total. The number of nitrogens with two attached hydrogens (primary N) is 1. The molecule has 0 aliphatic heterocycles. The third-order valence-corrected chi connectivity index (χ3v) is 2.94. The Kier molecular flexibility index (Phi) is 2.68. The molecule has 2 aromatic heterocycles. The van der Waals surface area contributed by atoms with E-state index in [1.807, 2.05) is 30.7 Å². The molecule has 0 saturated carbocycles. The van der Waals surface area contributed by atoms with Crippen molar-refractivity contribution < 1.29 is 0 Å². The zero-order valence-electron chi connectivity index (χ0n) is 10.1. The first-order valence-electron chi connectivity index (χ1n) is 5.63. The molecule has 2 aromatic rings. The van der Waals surface area contributed by atoms with E-state index in [9.17, 15) is 0 Å². The Morgan fingerprint density at radius 1 is 1.50 bits per heavy atom. The number of aryl methyl sites for hydroxylation is 1. The topological polar surface area (TPSA) is 56.7 Å². The van der Waals surface area contributed by atoms with Crippen molar-refractivity contribution >= 4 is 11.2 Å². The Bertz CT molecular complexity index is 499. The largest absolute Gasteiger partial charge is 0.328 e. The monoisotopic (exact) mass is 218 g/mol. The maximum absolute atomic E-state index is 6.30. The molecule has 1 unspecified atom stereocenters. The van der Waals surface area contributed by atoms with E-state index < -0.39 is 0 Å². The van der Waals surface area contributed by atoms with E-state index in [0.717, 1.165) is 29.8 Å². The highest BCUT2D eigenvalue weighted by Gasteiger charge is 2.26. The lowest BCUT2D eigenvalue weighted by atomic mass is 9.97. The maximum atomic E-state index is 6.30. The lowest BCUT2D eigenvalue weighted by Gasteiger charge is -2.23. The van der Waals surface area contributed by atoms with Gasteiger partial charge in [-0.25, -0.2) is 9.97 Å². The van der Waals surface area contributed by atoms with Gasteiger partial charge in [-0.2, -0.15) is 0 Å². The molecule has 0 aromatic carbocycles. The highest BCUT2D eigenvalue weighted by molar-refractivity contribution is 5.71. The van der Waals surface area contributed by atoms with Crippen LogP contribution in [0.25, 0.3) is 11.2 Å². The van der Waals surface area contributed by atoms with Crippen molar-refractivity contribution in [3.8, 4) is 0 Å². The number of hydrogen-bond donors (Lipinski definition) is 1. The van der Waals surface area contributed by atoms with Gasteiger partial charge in [0.25, 0.3) is 0 Å². The van der Waals surface area contributed by atoms with Crippen LogP contribution in [0.3, 0.4) is 0 Å². The van der Waals surface area contributed by atoms with Crippen molar-refractivity contribution in [2.45, 2.75) is 32.2 Å². The summed E-state index contributed by atoms with van der Waals surface area (Å²) in [5.41, 5.74) is 7.72. The van der Waals surface area contributed by atoms with Crippen LogP contribution in [-0.4, -0.2) is 14.5 Å². The average molecular weight is 218 g/mol. The number of aromatic nitrogens is 3. The molecular formula is C12H18N4. The molecule has 16 heavy (non-hydrogen) atoms. The Morgan fingerprint density at radius 3 is 2.88 bits per heavy atom. The van der Waals surface area contributed by atoms with Crippen LogP contribution in [0.4, 0.5) is 0 Å². The van der Waals surface area contributed by atoms with Gasteiger partial charge in [-0.15, -0.1) is 0 Å². The lowest BCUT2D eigenvalue weighted by Crippen LogP contribution is -2.35. The minimum Gasteiger partial charge on any atom is -0.328 e. The van der Waals surface area contributed by atoms with Crippen LogP contribution in [0, 0.1) is 0 Å². The second-order valence-corrected chi connectivity index (χ2v) is 4.51. The van der Waals surface area contributed by atoms with Crippen LogP contribution in [0.2, 0.25) is 0 Å². The standard InChI is InChI=1S/C12H18N4/c1-4-7-12(2,13)11-15-10-9(16(11)3)6-5-8-14-10/h5-6,8H,4,7,13H2,1-3H3. The van der Waals surface area contributed by atoms with Gasteiger partial charge < -0.3 is 10.3 Å². The maximum Gasteiger partial charge on any atom is 0.177 e. The van der Waals surface area contributed by atoms with E-state index in [1.54, 1.807) is 6.20 Å². The van der Waals surface area contributed by atoms with Gasteiger partial charge in [-0.05, 0) is 25.5 Å². The SMILES string of the molecule is CCCC(C)(N)c1nc2ncccc2n1C. The fourth-order valence-corrected chi connectivity index (χ4v) is 2.17. The summed E-state index contributed by atoms with van der Waals surface area (Å²) in [6, 6.07) is 3.93. The summed E-state index contributed by atoms with van der Waals surface area (Å²) in [5.74, 6) is 0.906. The van der Waals surface area contributed by atoms with Gasteiger partial charge in [0.2, 0.25) is 0 Å². The molecule has 0 radical (unpaired) electrons. The molecule has 0 saturated heterocycles. The second-order valence-electron chi connectivity index (χ2n) is 4.51. The summed E-state index contributed by atoms with van der Waals surface area (Å²) in [4.78, 5) is 8.78. The van der Waals surface area contributed by atoms with Crippen LogP contribution in [0.1, 0.15) is 32.5 Å². The van der Waals surface area contributed by atoms with Gasteiger partial charge >= 0.3 is 0 Å². The smallest absolute Gasteiger partial charge is 0.177 e. The fraction of sp³-hybridized carbons (Fsp3) is 0.500. The molecular weight excluding hydrogens is 200 g/mol. The van der Waals surface area contributed by atoms with Gasteiger partial charge in [0.05, 0.1) is 11.1 Å². The molecule has 4 nitrogen and oxygen atoms in total. The molecule has 2 heterocycles. The van der Waals surface area contributed by atoms with Crippen LogP contribution < -0.4 is 5.73 Å². The molecule has 0 aliphatic rings.